The zero-order chi connectivity index (χ0) is 16.5. The van der Waals surface area contributed by atoms with E-state index in [2.05, 4.69) is 15.2 Å². The number of nitrogens with one attached hydrogen (secondary N) is 1. The van der Waals surface area contributed by atoms with Gasteiger partial charge in [0.05, 0.1) is 13.2 Å². The molecule has 1 aliphatic heterocycles. The number of benzene rings is 1. The van der Waals surface area contributed by atoms with Crippen LogP contribution in [0.15, 0.2) is 24.5 Å². The molecule has 0 bridgehead atoms. The molecule has 4 rings (SSSR count). The molecule has 2 fully saturated rings. The van der Waals surface area contributed by atoms with Crippen molar-refractivity contribution in [3.63, 3.8) is 0 Å². The highest BCUT2D eigenvalue weighted by molar-refractivity contribution is 5.95. The molecule has 1 aromatic heterocycles. The van der Waals surface area contributed by atoms with Gasteiger partial charge in [0.2, 0.25) is 0 Å². The Hall–Kier alpha value is -2.37. The minimum atomic E-state index is -0.0137. The summed E-state index contributed by atoms with van der Waals surface area (Å²) in [5.41, 5.74) is 1.90. The number of ether oxygens (including phenoxy) is 1. The molecule has 1 aromatic carbocycles. The van der Waals surface area contributed by atoms with Crippen LogP contribution in [0.4, 0.5) is 0 Å². The number of methoxy groups -OCH3 is 1. The number of H-pyrrole nitrogens is 1. The Balaban J connectivity index is 1.63. The van der Waals surface area contributed by atoms with E-state index >= 15 is 0 Å². The average molecular weight is 326 g/mol. The normalized spacial score (nSPS) is 20.9. The lowest BCUT2D eigenvalue weighted by Crippen LogP contribution is -2.39. The number of hydrogen-bond acceptors (Lipinski definition) is 4. The van der Waals surface area contributed by atoms with Crippen molar-refractivity contribution in [2.45, 2.75) is 44.1 Å². The van der Waals surface area contributed by atoms with Crippen LogP contribution in [0.1, 0.15) is 65.8 Å². The van der Waals surface area contributed by atoms with Crippen LogP contribution in [0.25, 0.3) is 0 Å². The maximum atomic E-state index is 13.1. The van der Waals surface area contributed by atoms with E-state index in [1.807, 2.05) is 23.1 Å². The number of rotatable bonds is 4. The highest BCUT2D eigenvalue weighted by Gasteiger charge is 2.32. The summed E-state index contributed by atoms with van der Waals surface area (Å²) in [6, 6.07) is 5.80. The van der Waals surface area contributed by atoms with E-state index in [0.717, 1.165) is 48.5 Å². The van der Waals surface area contributed by atoms with Crippen molar-refractivity contribution in [3.05, 3.63) is 41.5 Å². The second-order valence-electron chi connectivity index (χ2n) is 6.61. The molecule has 1 saturated heterocycles. The van der Waals surface area contributed by atoms with Crippen molar-refractivity contribution in [2.75, 3.05) is 13.7 Å². The van der Waals surface area contributed by atoms with E-state index in [9.17, 15) is 4.79 Å². The number of aromatic nitrogens is 3. The Bertz CT molecular complexity index is 725. The molecule has 1 aliphatic carbocycles. The largest absolute Gasteiger partial charge is 0.496 e. The molecule has 0 radical (unpaired) electrons. The highest BCUT2D eigenvalue weighted by Crippen LogP contribution is 2.44. The first-order valence-corrected chi connectivity index (χ1v) is 8.62. The van der Waals surface area contributed by atoms with Crippen LogP contribution in [0.2, 0.25) is 0 Å². The summed E-state index contributed by atoms with van der Waals surface area (Å²) in [6.07, 6.45) is 6.92. The number of piperidine rings is 1. The molecule has 24 heavy (non-hydrogen) atoms. The maximum absolute atomic E-state index is 13.1. The number of amides is 1. The van der Waals surface area contributed by atoms with Gasteiger partial charge in [-0.1, -0.05) is 0 Å². The second kappa shape index (κ2) is 6.26. The molecule has 2 heterocycles. The third kappa shape index (κ3) is 2.77. The number of aromatic amines is 1. The summed E-state index contributed by atoms with van der Waals surface area (Å²) in [7, 11) is 1.69. The Morgan fingerprint density at radius 1 is 1.29 bits per heavy atom. The van der Waals surface area contributed by atoms with E-state index in [4.69, 9.17) is 4.74 Å². The van der Waals surface area contributed by atoms with Gasteiger partial charge < -0.3 is 9.64 Å². The van der Waals surface area contributed by atoms with Gasteiger partial charge in [0.15, 0.2) is 0 Å². The van der Waals surface area contributed by atoms with Crippen LogP contribution >= 0.6 is 0 Å². The van der Waals surface area contributed by atoms with Crippen molar-refractivity contribution >= 4 is 5.91 Å². The molecular formula is C18H22N4O2. The SMILES string of the molecule is COc1ccc(C(=O)N2CCCCC2c2ncn[nH]2)cc1C1CC1. The molecule has 126 valence electrons. The topological polar surface area (TPSA) is 71.1 Å². The first kappa shape index (κ1) is 15.2. The van der Waals surface area contributed by atoms with Gasteiger partial charge in [-0.3, -0.25) is 9.89 Å². The predicted octanol–water partition coefficient (Wildman–Crippen LogP) is 3.06. The van der Waals surface area contributed by atoms with Gasteiger partial charge in [-0.25, -0.2) is 4.98 Å². The van der Waals surface area contributed by atoms with Crippen molar-refractivity contribution in [2.24, 2.45) is 0 Å². The number of hydrogen-bond donors (Lipinski definition) is 1. The van der Waals surface area contributed by atoms with Gasteiger partial charge in [-0.15, -0.1) is 0 Å². The van der Waals surface area contributed by atoms with Crippen LogP contribution in [0.3, 0.4) is 0 Å². The summed E-state index contributed by atoms with van der Waals surface area (Å²) < 4.78 is 5.46. The maximum Gasteiger partial charge on any atom is 0.254 e. The quantitative estimate of drug-likeness (QED) is 0.937. The van der Waals surface area contributed by atoms with Crippen LogP contribution in [-0.4, -0.2) is 39.6 Å². The van der Waals surface area contributed by atoms with Crippen molar-refractivity contribution in [3.8, 4) is 5.75 Å². The van der Waals surface area contributed by atoms with Crippen molar-refractivity contribution < 1.29 is 9.53 Å². The number of carbonyl (C=O) groups excluding carboxylic acids is 1. The smallest absolute Gasteiger partial charge is 0.254 e. The van der Waals surface area contributed by atoms with Gasteiger partial charge in [0, 0.05) is 12.1 Å². The van der Waals surface area contributed by atoms with Crippen LogP contribution in [-0.2, 0) is 0 Å². The predicted molar refractivity (Wildman–Crippen MR) is 89.0 cm³/mol. The molecule has 1 N–H and O–H groups in total. The van der Waals surface area contributed by atoms with E-state index in [0.29, 0.717) is 5.92 Å². The first-order valence-electron chi connectivity index (χ1n) is 8.62. The molecule has 0 spiro atoms. The van der Waals surface area contributed by atoms with E-state index in [1.165, 1.54) is 19.2 Å². The lowest BCUT2D eigenvalue weighted by atomic mass is 9.99. The third-order valence-electron chi connectivity index (χ3n) is 5.01. The fourth-order valence-electron chi connectivity index (χ4n) is 3.58. The molecule has 6 nitrogen and oxygen atoms in total. The van der Waals surface area contributed by atoms with Gasteiger partial charge in [0.25, 0.3) is 5.91 Å². The Kier molecular flexibility index (Phi) is 3.96. The Morgan fingerprint density at radius 2 is 2.17 bits per heavy atom. The molecule has 1 unspecified atom stereocenters. The molecule has 6 heteroatoms. The molecular weight excluding hydrogens is 304 g/mol. The Morgan fingerprint density at radius 3 is 2.88 bits per heavy atom. The standard InChI is InChI=1S/C18H22N4O2/c1-24-16-8-7-13(10-14(16)12-5-6-12)18(23)22-9-3-2-4-15(22)17-19-11-20-21-17/h7-8,10-12,15H,2-6,9H2,1H3,(H,19,20,21). The van der Waals surface area contributed by atoms with Gasteiger partial charge in [0.1, 0.15) is 17.9 Å². The molecule has 2 aliphatic rings. The number of carbonyl (C=O) groups is 1. The van der Waals surface area contributed by atoms with Crippen LogP contribution in [0, 0.1) is 0 Å². The van der Waals surface area contributed by atoms with Gasteiger partial charge in [-0.05, 0) is 61.8 Å². The molecule has 1 amide bonds. The van der Waals surface area contributed by atoms with E-state index in [1.54, 1.807) is 7.11 Å². The van der Waals surface area contributed by atoms with Gasteiger partial charge in [-0.2, -0.15) is 5.10 Å². The van der Waals surface area contributed by atoms with Crippen LogP contribution < -0.4 is 4.74 Å². The van der Waals surface area contributed by atoms with E-state index < -0.39 is 0 Å². The lowest BCUT2D eigenvalue weighted by molar-refractivity contribution is 0.0600. The highest BCUT2D eigenvalue weighted by atomic mass is 16.5. The minimum absolute atomic E-state index is 0.0137. The molecule has 1 saturated carbocycles. The third-order valence-corrected chi connectivity index (χ3v) is 5.01. The molecule has 1 atom stereocenters. The fraction of sp³-hybridized carbons (Fsp3) is 0.500. The Labute approximate surface area is 141 Å². The minimum Gasteiger partial charge on any atom is -0.496 e. The fourth-order valence-corrected chi connectivity index (χ4v) is 3.58. The summed E-state index contributed by atoms with van der Waals surface area (Å²) in [6.45, 7) is 0.759. The van der Waals surface area contributed by atoms with Crippen molar-refractivity contribution in [1.82, 2.24) is 20.1 Å². The van der Waals surface area contributed by atoms with E-state index in [-0.39, 0.29) is 11.9 Å². The monoisotopic (exact) mass is 326 g/mol. The lowest BCUT2D eigenvalue weighted by Gasteiger charge is -2.34. The van der Waals surface area contributed by atoms with Gasteiger partial charge >= 0.3 is 0 Å². The first-order chi connectivity index (χ1) is 11.8. The molecule has 2 aromatic rings. The van der Waals surface area contributed by atoms with Crippen LogP contribution in [0.5, 0.6) is 5.75 Å². The van der Waals surface area contributed by atoms with Crippen molar-refractivity contribution in [1.29, 1.82) is 0 Å². The second-order valence-corrected chi connectivity index (χ2v) is 6.61. The average Bonchev–Trinajstić information content (AvgIpc) is 3.34. The summed E-state index contributed by atoms with van der Waals surface area (Å²) >= 11 is 0. The number of likely N-dealkylation sites (tertiary alicyclic amines) is 1. The zero-order valence-electron chi connectivity index (χ0n) is 13.9. The summed E-state index contributed by atoms with van der Waals surface area (Å²) in [5, 5.41) is 6.87. The number of nitrogens with zero attached hydrogens (tertiary/aromatic N) is 3. The summed E-state index contributed by atoms with van der Waals surface area (Å²) in [4.78, 5) is 19.3. The summed E-state index contributed by atoms with van der Waals surface area (Å²) in [5.74, 6) is 2.28. The zero-order valence-corrected chi connectivity index (χ0v) is 13.9.